The Morgan fingerprint density at radius 2 is 1.81 bits per heavy atom. The van der Waals surface area contributed by atoms with E-state index in [1.165, 1.54) is 20.3 Å². The van der Waals surface area contributed by atoms with Crippen molar-refractivity contribution in [1.82, 2.24) is 0 Å². The molecular weight excluding hydrogens is 300 g/mol. The van der Waals surface area contributed by atoms with Crippen LogP contribution < -0.4 is 14.8 Å². The summed E-state index contributed by atoms with van der Waals surface area (Å²) in [5.41, 5.74) is 1.29. The highest BCUT2D eigenvalue weighted by Crippen LogP contribution is 2.36. The van der Waals surface area contributed by atoms with Crippen LogP contribution in [0.2, 0.25) is 5.02 Å². The van der Waals surface area contributed by atoms with Crippen LogP contribution in [0.15, 0.2) is 30.3 Å². The zero-order valence-electron chi connectivity index (χ0n) is 11.5. The molecule has 0 radical (unpaired) electrons. The van der Waals surface area contributed by atoms with Crippen molar-refractivity contribution >= 4 is 17.3 Å². The molecule has 0 aliphatic heterocycles. The quantitative estimate of drug-likeness (QED) is 0.895. The molecule has 0 aromatic heterocycles. The zero-order valence-corrected chi connectivity index (χ0v) is 12.3. The summed E-state index contributed by atoms with van der Waals surface area (Å²) in [5.74, 6) is -0.817. The number of benzene rings is 2. The number of hydrogen-bond donors (Lipinski definition) is 1. The van der Waals surface area contributed by atoms with Gasteiger partial charge in [0, 0.05) is 18.3 Å². The molecule has 0 saturated carbocycles. The lowest BCUT2D eigenvalue weighted by Crippen LogP contribution is -2.02. The van der Waals surface area contributed by atoms with Crippen molar-refractivity contribution in [3.63, 3.8) is 0 Å². The Morgan fingerprint density at radius 1 is 1.05 bits per heavy atom. The first-order valence-corrected chi connectivity index (χ1v) is 6.52. The van der Waals surface area contributed by atoms with Crippen LogP contribution in [0.25, 0.3) is 0 Å². The van der Waals surface area contributed by atoms with Gasteiger partial charge in [-0.15, -0.1) is 0 Å². The van der Waals surface area contributed by atoms with Crippen molar-refractivity contribution < 1.29 is 18.3 Å². The smallest absolute Gasteiger partial charge is 0.179 e. The highest BCUT2D eigenvalue weighted by atomic mass is 35.5. The molecule has 2 aromatic carbocycles. The molecule has 21 heavy (non-hydrogen) atoms. The van der Waals surface area contributed by atoms with E-state index in [-0.39, 0.29) is 0 Å². The van der Waals surface area contributed by atoms with E-state index in [1.54, 1.807) is 12.1 Å². The number of nitrogens with one attached hydrogen (secondary N) is 1. The van der Waals surface area contributed by atoms with E-state index in [1.807, 2.05) is 0 Å². The van der Waals surface area contributed by atoms with Gasteiger partial charge >= 0.3 is 0 Å². The number of anilines is 1. The van der Waals surface area contributed by atoms with Crippen LogP contribution in [-0.4, -0.2) is 14.2 Å². The molecule has 0 bridgehead atoms. The van der Waals surface area contributed by atoms with Gasteiger partial charge in [-0.1, -0.05) is 11.6 Å². The lowest BCUT2D eigenvalue weighted by molar-refractivity contribution is 0.355. The van der Waals surface area contributed by atoms with Gasteiger partial charge in [-0.3, -0.25) is 0 Å². The van der Waals surface area contributed by atoms with Crippen molar-refractivity contribution in [2.75, 3.05) is 19.5 Å². The summed E-state index contributed by atoms with van der Waals surface area (Å²) in [6.07, 6.45) is 0. The summed E-state index contributed by atoms with van der Waals surface area (Å²) in [6.45, 7) is 0.380. The highest BCUT2D eigenvalue weighted by Gasteiger charge is 2.11. The van der Waals surface area contributed by atoms with Crippen molar-refractivity contribution in [3.05, 3.63) is 52.6 Å². The Morgan fingerprint density at radius 3 is 2.43 bits per heavy atom. The lowest BCUT2D eigenvalue weighted by atomic mass is 10.2. The predicted molar refractivity (Wildman–Crippen MR) is 78.2 cm³/mol. The van der Waals surface area contributed by atoms with Gasteiger partial charge < -0.3 is 14.8 Å². The molecule has 0 fully saturated rings. The monoisotopic (exact) mass is 313 g/mol. The SMILES string of the molecule is COc1cc(CNc2ccc(F)c(F)c2)cc(Cl)c1OC. The number of rotatable bonds is 5. The largest absolute Gasteiger partial charge is 0.493 e. The van der Waals surface area contributed by atoms with Gasteiger partial charge in [-0.25, -0.2) is 8.78 Å². The minimum Gasteiger partial charge on any atom is -0.493 e. The normalized spacial score (nSPS) is 10.3. The fourth-order valence-corrected chi connectivity index (χ4v) is 2.19. The predicted octanol–water partition coefficient (Wildman–Crippen LogP) is 4.25. The molecule has 6 heteroatoms. The van der Waals surface area contributed by atoms with E-state index in [2.05, 4.69) is 5.32 Å². The molecule has 1 N–H and O–H groups in total. The summed E-state index contributed by atoms with van der Waals surface area (Å²) in [5, 5.41) is 3.40. The van der Waals surface area contributed by atoms with Crippen LogP contribution >= 0.6 is 11.6 Å². The first kappa shape index (κ1) is 15.4. The molecule has 2 aromatic rings. The van der Waals surface area contributed by atoms with Gasteiger partial charge in [0.2, 0.25) is 0 Å². The molecule has 0 spiro atoms. The lowest BCUT2D eigenvalue weighted by Gasteiger charge is -2.13. The van der Waals surface area contributed by atoms with Crippen LogP contribution in [-0.2, 0) is 6.54 Å². The van der Waals surface area contributed by atoms with Crippen LogP contribution in [0.4, 0.5) is 14.5 Å². The molecule has 0 aliphatic rings. The van der Waals surface area contributed by atoms with Crippen molar-refractivity contribution in [1.29, 1.82) is 0 Å². The zero-order chi connectivity index (χ0) is 15.4. The standard InChI is InChI=1S/C15H14ClF2NO2/c1-20-14-6-9(5-11(16)15(14)21-2)8-19-10-3-4-12(17)13(18)7-10/h3-7,19H,8H2,1-2H3. The summed E-state index contributed by atoms with van der Waals surface area (Å²) >= 11 is 6.10. The maximum absolute atomic E-state index is 13.1. The highest BCUT2D eigenvalue weighted by molar-refractivity contribution is 6.32. The maximum atomic E-state index is 13.1. The number of methoxy groups -OCH3 is 2. The fourth-order valence-electron chi connectivity index (χ4n) is 1.88. The van der Waals surface area contributed by atoms with E-state index in [4.69, 9.17) is 21.1 Å². The summed E-state index contributed by atoms with van der Waals surface area (Å²) in [7, 11) is 3.02. The van der Waals surface area contributed by atoms with Crippen molar-refractivity contribution in [2.24, 2.45) is 0 Å². The summed E-state index contributed by atoms with van der Waals surface area (Å²) in [6, 6.07) is 7.10. The summed E-state index contributed by atoms with van der Waals surface area (Å²) in [4.78, 5) is 0. The molecule has 2 rings (SSSR count). The Balaban J connectivity index is 2.16. The van der Waals surface area contributed by atoms with Crippen LogP contribution in [0.1, 0.15) is 5.56 Å². The van der Waals surface area contributed by atoms with Crippen LogP contribution in [0.5, 0.6) is 11.5 Å². The van der Waals surface area contributed by atoms with E-state index >= 15 is 0 Å². The van der Waals surface area contributed by atoms with Crippen LogP contribution in [0.3, 0.4) is 0 Å². The van der Waals surface area contributed by atoms with Gasteiger partial charge in [0.15, 0.2) is 23.1 Å². The minimum absolute atomic E-state index is 0.380. The first-order chi connectivity index (χ1) is 10.0. The van der Waals surface area contributed by atoms with Gasteiger partial charge in [-0.2, -0.15) is 0 Å². The van der Waals surface area contributed by atoms with E-state index in [0.29, 0.717) is 28.8 Å². The van der Waals surface area contributed by atoms with Gasteiger partial charge in [0.25, 0.3) is 0 Å². The molecule has 0 unspecified atom stereocenters. The Bertz CT molecular complexity index is 650. The Hall–Kier alpha value is -2.01. The number of hydrogen-bond acceptors (Lipinski definition) is 3. The molecule has 0 heterocycles. The first-order valence-electron chi connectivity index (χ1n) is 6.14. The fraction of sp³-hybridized carbons (Fsp3) is 0.200. The van der Waals surface area contributed by atoms with Gasteiger partial charge in [0.05, 0.1) is 19.2 Å². The number of halogens is 3. The van der Waals surface area contributed by atoms with Crippen molar-refractivity contribution in [3.8, 4) is 11.5 Å². The van der Waals surface area contributed by atoms with E-state index in [9.17, 15) is 8.78 Å². The minimum atomic E-state index is -0.898. The molecule has 3 nitrogen and oxygen atoms in total. The second kappa shape index (κ2) is 6.63. The van der Waals surface area contributed by atoms with E-state index in [0.717, 1.165) is 17.7 Å². The van der Waals surface area contributed by atoms with Gasteiger partial charge in [0.1, 0.15) is 0 Å². The second-order valence-electron chi connectivity index (χ2n) is 4.30. The molecule has 112 valence electrons. The average Bonchev–Trinajstić information content (AvgIpc) is 2.47. The summed E-state index contributed by atoms with van der Waals surface area (Å²) < 4.78 is 36.3. The third-order valence-corrected chi connectivity index (χ3v) is 3.19. The molecule has 0 aliphatic carbocycles. The third kappa shape index (κ3) is 3.55. The molecule has 0 atom stereocenters. The van der Waals surface area contributed by atoms with E-state index < -0.39 is 11.6 Å². The topological polar surface area (TPSA) is 30.5 Å². The number of ether oxygens (including phenoxy) is 2. The van der Waals surface area contributed by atoms with Gasteiger partial charge in [-0.05, 0) is 29.8 Å². The second-order valence-corrected chi connectivity index (χ2v) is 4.70. The molecule has 0 amide bonds. The average molecular weight is 314 g/mol. The van der Waals surface area contributed by atoms with Crippen molar-refractivity contribution in [2.45, 2.75) is 6.54 Å². The maximum Gasteiger partial charge on any atom is 0.179 e. The Kier molecular flexibility index (Phi) is 4.85. The Labute approximate surface area is 126 Å². The molecular formula is C15H14ClF2NO2. The molecule has 0 saturated heterocycles. The third-order valence-electron chi connectivity index (χ3n) is 2.91. The van der Waals surface area contributed by atoms with Crippen LogP contribution in [0, 0.1) is 11.6 Å².